The van der Waals surface area contributed by atoms with Gasteiger partial charge in [0.1, 0.15) is 0 Å². The first-order valence-electron chi connectivity index (χ1n) is 6.72. The zero-order chi connectivity index (χ0) is 15.2. The molecule has 20 heavy (non-hydrogen) atoms. The van der Waals surface area contributed by atoms with E-state index in [0.717, 1.165) is 44.2 Å². The fourth-order valence-electron chi connectivity index (χ4n) is 1.84. The van der Waals surface area contributed by atoms with Crippen LogP contribution in [-0.4, -0.2) is 25.5 Å². The SMILES string of the molecule is CCCCCCC(C)NS(=O)(=O)c1ccc(C(=O)O)o1. The Hall–Kier alpha value is -1.34. The number of carboxylic acids is 1. The molecule has 0 radical (unpaired) electrons. The Morgan fingerprint density at radius 3 is 2.60 bits per heavy atom. The lowest BCUT2D eigenvalue weighted by molar-refractivity contribution is 0.0656. The molecule has 0 aromatic carbocycles. The Kier molecular flexibility index (Phi) is 6.22. The second-order valence-corrected chi connectivity index (χ2v) is 6.44. The molecule has 0 aliphatic heterocycles. The Morgan fingerprint density at radius 1 is 1.35 bits per heavy atom. The van der Waals surface area contributed by atoms with Crippen molar-refractivity contribution >= 4 is 16.0 Å². The highest BCUT2D eigenvalue weighted by Gasteiger charge is 2.22. The van der Waals surface area contributed by atoms with Gasteiger partial charge in [-0.05, 0) is 25.5 Å². The average molecular weight is 303 g/mol. The van der Waals surface area contributed by atoms with E-state index in [1.165, 1.54) is 0 Å². The highest BCUT2D eigenvalue weighted by atomic mass is 32.2. The van der Waals surface area contributed by atoms with Crippen LogP contribution in [0.25, 0.3) is 0 Å². The maximum atomic E-state index is 12.0. The van der Waals surface area contributed by atoms with E-state index in [0.29, 0.717) is 0 Å². The Balaban J connectivity index is 2.57. The first-order chi connectivity index (χ1) is 9.36. The average Bonchev–Trinajstić information content (AvgIpc) is 2.84. The molecule has 114 valence electrons. The molecule has 1 aromatic rings. The quantitative estimate of drug-likeness (QED) is 0.683. The van der Waals surface area contributed by atoms with Gasteiger partial charge in [0, 0.05) is 6.04 Å². The van der Waals surface area contributed by atoms with Crippen LogP contribution in [0.2, 0.25) is 0 Å². The molecule has 1 unspecified atom stereocenters. The summed E-state index contributed by atoms with van der Waals surface area (Å²) in [4.78, 5) is 10.7. The normalized spacial score (nSPS) is 13.3. The predicted molar refractivity (Wildman–Crippen MR) is 74.2 cm³/mol. The van der Waals surface area contributed by atoms with Gasteiger partial charge in [-0.3, -0.25) is 0 Å². The summed E-state index contributed by atoms with van der Waals surface area (Å²) in [5.74, 6) is -1.68. The minimum absolute atomic E-state index is 0.213. The Labute approximate surface area is 119 Å². The van der Waals surface area contributed by atoms with Gasteiger partial charge >= 0.3 is 5.97 Å². The van der Waals surface area contributed by atoms with Crippen molar-refractivity contribution in [3.05, 3.63) is 17.9 Å². The number of nitrogens with one attached hydrogen (secondary N) is 1. The van der Waals surface area contributed by atoms with Gasteiger partial charge in [0.05, 0.1) is 0 Å². The maximum Gasteiger partial charge on any atom is 0.371 e. The van der Waals surface area contributed by atoms with E-state index in [4.69, 9.17) is 9.52 Å². The molecule has 1 rings (SSSR count). The van der Waals surface area contributed by atoms with Crippen LogP contribution in [0.1, 0.15) is 56.5 Å². The third-order valence-electron chi connectivity index (χ3n) is 2.90. The maximum absolute atomic E-state index is 12.0. The molecule has 0 spiro atoms. The van der Waals surface area contributed by atoms with E-state index in [9.17, 15) is 13.2 Å². The van der Waals surface area contributed by atoms with Crippen LogP contribution >= 0.6 is 0 Å². The van der Waals surface area contributed by atoms with Crippen molar-refractivity contribution < 1.29 is 22.7 Å². The molecule has 6 nitrogen and oxygen atoms in total. The summed E-state index contributed by atoms with van der Waals surface area (Å²) >= 11 is 0. The van der Waals surface area contributed by atoms with Crippen molar-refractivity contribution in [2.45, 2.75) is 57.1 Å². The summed E-state index contributed by atoms with van der Waals surface area (Å²) in [5, 5.41) is 8.34. The topological polar surface area (TPSA) is 96.6 Å². The molecule has 0 saturated carbocycles. The molecule has 0 aliphatic carbocycles. The van der Waals surface area contributed by atoms with Gasteiger partial charge in [0.15, 0.2) is 0 Å². The summed E-state index contributed by atoms with van der Waals surface area (Å²) < 4.78 is 31.2. The molecule has 0 bridgehead atoms. The van der Waals surface area contributed by atoms with Crippen molar-refractivity contribution in [2.75, 3.05) is 0 Å². The molecule has 0 fully saturated rings. The summed E-state index contributed by atoms with van der Waals surface area (Å²) in [6.45, 7) is 3.90. The van der Waals surface area contributed by atoms with Gasteiger partial charge in [-0.1, -0.05) is 32.6 Å². The van der Waals surface area contributed by atoms with Gasteiger partial charge in [-0.25, -0.2) is 17.9 Å². The standard InChI is InChI=1S/C13H21NO5S/c1-3-4-5-6-7-10(2)14-20(17,18)12-9-8-11(19-12)13(15)16/h8-10,14H,3-7H2,1-2H3,(H,15,16). The third kappa shape index (κ3) is 4.97. The van der Waals surface area contributed by atoms with Crippen molar-refractivity contribution in [2.24, 2.45) is 0 Å². The van der Waals surface area contributed by atoms with Crippen LogP contribution in [0.3, 0.4) is 0 Å². The number of hydrogen-bond donors (Lipinski definition) is 2. The van der Waals surface area contributed by atoms with E-state index >= 15 is 0 Å². The summed E-state index contributed by atoms with van der Waals surface area (Å²) in [6.07, 6.45) is 5.04. The Bertz CT molecular complexity index is 535. The number of hydrogen-bond acceptors (Lipinski definition) is 4. The van der Waals surface area contributed by atoms with Gasteiger partial charge in [-0.15, -0.1) is 0 Å². The van der Waals surface area contributed by atoms with Crippen molar-refractivity contribution in [3.8, 4) is 0 Å². The smallest absolute Gasteiger partial charge is 0.371 e. The Morgan fingerprint density at radius 2 is 2.05 bits per heavy atom. The zero-order valence-corrected chi connectivity index (χ0v) is 12.6. The highest BCUT2D eigenvalue weighted by molar-refractivity contribution is 7.89. The van der Waals surface area contributed by atoms with Gasteiger partial charge in [0.25, 0.3) is 10.0 Å². The number of rotatable bonds is 9. The number of aromatic carboxylic acids is 1. The second-order valence-electron chi connectivity index (χ2n) is 4.80. The predicted octanol–water partition coefficient (Wildman–Crippen LogP) is 2.62. The molecule has 7 heteroatoms. The minimum Gasteiger partial charge on any atom is -0.475 e. The van der Waals surface area contributed by atoms with Crippen LogP contribution in [0, 0.1) is 0 Å². The van der Waals surface area contributed by atoms with Crippen LogP contribution in [0.15, 0.2) is 21.6 Å². The molecule has 0 saturated heterocycles. The van der Waals surface area contributed by atoms with Crippen LogP contribution in [0.5, 0.6) is 0 Å². The zero-order valence-electron chi connectivity index (χ0n) is 11.8. The van der Waals surface area contributed by atoms with E-state index < -0.39 is 16.0 Å². The first kappa shape index (κ1) is 16.7. The molecular formula is C13H21NO5S. The number of sulfonamides is 1. The molecular weight excluding hydrogens is 282 g/mol. The third-order valence-corrected chi connectivity index (χ3v) is 4.37. The molecule has 0 amide bonds. The van der Waals surface area contributed by atoms with E-state index in [-0.39, 0.29) is 16.9 Å². The largest absolute Gasteiger partial charge is 0.475 e. The first-order valence-corrected chi connectivity index (χ1v) is 8.20. The van der Waals surface area contributed by atoms with Crippen LogP contribution in [-0.2, 0) is 10.0 Å². The van der Waals surface area contributed by atoms with Gasteiger partial charge < -0.3 is 9.52 Å². The summed E-state index contributed by atoms with van der Waals surface area (Å²) in [7, 11) is -3.79. The number of unbranched alkanes of at least 4 members (excludes halogenated alkanes) is 3. The van der Waals surface area contributed by atoms with Crippen molar-refractivity contribution in [1.29, 1.82) is 0 Å². The summed E-state index contributed by atoms with van der Waals surface area (Å²) in [5.41, 5.74) is 0. The summed E-state index contributed by atoms with van der Waals surface area (Å²) in [6, 6.07) is 2.06. The molecule has 1 atom stereocenters. The van der Waals surface area contributed by atoms with E-state index in [1.807, 2.05) is 0 Å². The number of furan rings is 1. The van der Waals surface area contributed by atoms with Gasteiger partial charge in [0.2, 0.25) is 10.9 Å². The highest BCUT2D eigenvalue weighted by Crippen LogP contribution is 2.15. The van der Waals surface area contributed by atoms with Crippen LogP contribution in [0.4, 0.5) is 0 Å². The lowest BCUT2D eigenvalue weighted by Crippen LogP contribution is -2.32. The van der Waals surface area contributed by atoms with E-state index in [2.05, 4.69) is 11.6 Å². The monoisotopic (exact) mass is 303 g/mol. The molecule has 2 N–H and O–H groups in total. The minimum atomic E-state index is -3.79. The number of carbonyl (C=O) groups is 1. The molecule has 1 aromatic heterocycles. The lowest BCUT2D eigenvalue weighted by Gasteiger charge is -2.12. The second kappa shape index (κ2) is 7.44. The fourth-order valence-corrected chi connectivity index (χ4v) is 3.05. The van der Waals surface area contributed by atoms with Gasteiger partial charge in [-0.2, -0.15) is 0 Å². The molecule has 0 aliphatic rings. The van der Waals surface area contributed by atoms with Crippen molar-refractivity contribution in [3.63, 3.8) is 0 Å². The molecule has 1 heterocycles. The van der Waals surface area contributed by atoms with Crippen LogP contribution < -0.4 is 4.72 Å². The van der Waals surface area contributed by atoms with E-state index in [1.54, 1.807) is 6.92 Å². The lowest BCUT2D eigenvalue weighted by atomic mass is 10.1. The fraction of sp³-hybridized carbons (Fsp3) is 0.615. The number of carboxylic acid groups (broad SMARTS) is 1. The van der Waals surface area contributed by atoms with Crippen molar-refractivity contribution in [1.82, 2.24) is 4.72 Å².